The summed E-state index contributed by atoms with van der Waals surface area (Å²) in [5, 5.41) is 0. The molecule has 3 heteroatoms. The molecule has 1 aliphatic heterocycles. The van der Waals surface area contributed by atoms with Crippen molar-refractivity contribution in [3.8, 4) is 5.75 Å². The van der Waals surface area contributed by atoms with E-state index in [2.05, 4.69) is 30.6 Å². The molecule has 2 rings (SSSR count). The number of ether oxygens (including phenoxy) is 1. The second-order valence-electron chi connectivity index (χ2n) is 3.66. The van der Waals surface area contributed by atoms with E-state index < -0.39 is 0 Å². The van der Waals surface area contributed by atoms with Crippen molar-refractivity contribution in [3.05, 3.63) is 29.3 Å². The Morgan fingerprint density at radius 2 is 2.21 bits per heavy atom. The summed E-state index contributed by atoms with van der Waals surface area (Å²) in [5.74, 6) is 0.965. The minimum Gasteiger partial charge on any atom is -0.488 e. The highest BCUT2D eigenvalue weighted by atomic mass is 16.6. The Morgan fingerprint density at radius 3 is 2.93 bits per heavy atom. The van der Waals surface area contributed by atoms with Gasteiger partial charge in [-0.3, -0.25) is 0 Å². The topological polar surface area (TPSA) is 30.5 Å². The van der Waals surface area contributed by atoms with Gasteiger partial charge in [-0.25, -0.2) is 0 Å². The molecule has 0 radical (unpaired) electrons. The van der Waals surface area contributed by atoms with Crippen LogP contribution in [0.1, 0.15) is 24.1 Å². The molecule has 0 spiro atoms. The van der Waals surface area contributed by atoms with Crippen LogP contribution in [0.3, 0.4) is 0 Å². The average Bonchev–Trinajstić information content (AvgIpc) is 2.43. The van der Waals surface area contributed by atoms with Crippen molar-refractivity contribution in [2.75, 3.05) is 7.11 Å². The molecule has 14 heavy (non-hydrogen) atoms. The van der Waals surface area contributed by atoms with Gasteiger partial charge in [0.25, 0.3) is 0 Å². The maximum absolute atomic E-state index is 5.71. The molecule has 0 aromatic heterocycles. The summed E-state index contributed by atoms with van der Waals surface area (Å²) >= 11 is 0. The van der Waals surface area contributed by atoms with Gasteiger partial charge in [-0.15, -0.1) is 0 Å². The zero-order chi connectivity index (χ0) is 10.1. The molecule has 2 unspecified atom stereocenters. The molecule has 0 amide bonds. The lowest BCUT2D eigenvalue weighted by Crippen LogP contribution is -2.27. The lowest BCUT2D eigenvalue weighted by atomic mass is 10.0. The van der Waals surface area contributed by atoms with E-state index in [1.807, 2.05) is 6.92 Å². The third-order valence-electron chi connectivity index (χ3n) is 2.53. The van der Waals surface area contributed by atoms with Gasteiger partial charge in [0.2, 0.25) is 0 Å². The van der Waals surface area contributed by atoms with Crippen molar-refractivity contribution in [1.82, 2.24) is 5.48 Å². The highest BCUT2D eigenvalue weighted by Crippen LogP contribution is 2.36. The molecule has 0 saturated heterocycles. The van der Waals surface area contributed by atoms with E-state index in [1.165, 1.54) is 11.1 Å². The fraction of sp³-hybridized carbons (Fsp3) is 0.455. The van der Waals surface area contributed by atoms with Gasteiger partial charge in [-0.2, -0.15) is 5.48 Å². The molecule has 1 aromatic rings. The van der Waals surface area contributed by atoms with Crippen molar-refractivity contribution < 1.29 is 9.57 Å². The summed E-state index contributed by atoms with van der Waals surface area (Å²) in [5.41, 5.74) is 5.33. The Morgan fingerprint density at radius 1 is 1.43 bits per heavy atom. The van der Waals surface area contributed by atoms with Gasteiger partial charge in [0.05, 0.1) is 13.2 Å². The molecule has 2 atom stereocenters. The minimum absolute atomic E-state index is 0.117. The molecule has 1 aliphatic rings. The van der Waals surface area contributed by atoms with Crippen LogP contribution < -0.4 is 10.2 Å². The molecule has 1 heterocycles. The number of nitrogens with one attached hydrogen (secondary N) is 1. The van der Waals surface area contributed by atoms with Gasteiger partial charge >= 0.3 is 0 Å². The quantitative estimate of drug-likeness (QED) is 0.728. The predicted molar refractivity (Wildman–Crippen MR) is 54.2 cm³/mol. The smallest absolute Gasteiger partial charge is 0.125 e. The maximum atomic E-state index is 5.71. The molecule has 0 saturated carbocycles. The summed E-state index contributed by atoms with van der Waals surface area (Å²) in [6, 6.07) is 6.37. The van der Waals surface area contributed by atoms with Gasteiger partial charge < -0.3 is 9.57 Å². The summed E-state index contributed by atoms with van der Waals surface area (Å²) in [6.07, 6.45) is 0.117. The molecule has 0 aliphatic carbocycles. The van der Waals surface area contributed by atoms with Crippen LogP contribution in [-0.4, -0.2) is 13.2 Å². The Bertz CT molecular complexity index is 338. The first-order valence-electron chi connectivity index (χ1n) is 4.78. The fourth-order valence-corrected chi connectivity index (χ4v) is 1.81. The SMILES string of the molecule is CONC1c2ccc(C)cc2OC1C. The summed E-state index contributed by atoms with van der Waals surface area (Å²) in [7, 11) is 1.62. The summed E-state index contributed by atoms with van der Waals surface area (Å²) in [6.45, 7) is 4.09. The van der Waals surface area contributed by atoms with Crippen molar-refractivity contribution in [2.45, 2.75) is 26.0 Å². The monoisotopic (exact) mass is 193 g/mol. The Labute approximate surface area is 84.0 Å². The normalized spacial score (nSPS) is 24.5. The van der Waals surface area contributed by atoms with Crippen molar-refractivity contribution >= 4 is 0 Å². The number of hydroxylamine groups is 1. The van der Waals surface area contributed by atoms with E-state index in [0.717, 1.165) is 5.75 Å². The highest BCUT2D eigenvalue weighted by Gasteiger charge is 2.30. The van der Waals surface area contributed by atoms with E-state index in [4.69, 9.17) is 9.57 Å². The fourth-order valence-electron chi connectivity index (χ4n) is 1.81. The summed E-state index contributed by atoms with van der Waals surface area (Å²) in [4.78, 5) is 4.95. The highest BCUT2D eigenvalue weighted by molar-refractivity contribution is 5.42. The molecular weight excluding hydrogens is 178 g/mol. The van der Waals surface area contributed by atoms with Gasteiger partial charge in [-0.05, 0) is 25.5 Å². The molecule has 3 nitrogen and oxygen atoms in total. The first-order chi connectivity index (χ1) is 6.72. The zero-order valence-electron chi connectivity index (χ0n) is 8.70. The van der Waals surface area contributed by atoms with Crippen LogP contribution in [0.4, 0.5) is 0 Å². The van der Waals surface area contributed by atoms with Crippen molar-refractivity contribution in [3.63, 3.8) is 0 Å². The van der Waals surface area contributed by atoms with E-state index in [-0.39, 0.29) is 12.1 Å². The van der Waals surface area contributed by atoms with E-state index in [1.54, 1.807) is 7.11 Å². The molecule has 0 bridgehead atoms. The molecule has 1 N–H and O–H groups in total. The number of rotatable bonds is 2. The van der Waals surface area contributed by atoms with E-state index >= 15 is 0 Å². The lowest BCUT2D eigenvalue weighted by Gasteiger charge is -2.14. The van der Waals surface area contributed by atoms with Gasteiger partial charge in [0, 0.05) is 5.56 Å². The minimum atomic E-state index is 0.117. The van der Waals surface area contributed by atoms with Crippen LogP contribution in [0.25, 0.3) is 0 Å². The first-order valence-corrected chi connectivity index (χ1v) is 4.78. The van der Waals surface area contributed by atoms with E-state index in [9.17, 15) is 0 Å². The van der Waals surface area contributed by atoms with E-state index in [0.29, 0.717) is 0 Å². The molecule has 0 fully saturated rings. The number of hydrogen-bond acceptors (Lipinski definition) is 3. The van der Waals surface area contributed by atoms with Crippen molar-refractivity contribution in [2.24, 2.45) is 0 Å². The molecular formula is C11H15NO2. The van der Waals surface area contributed by atoms with Gasteiger partial charge in [0.15, 0.2) is 0 Å². The Kier molecular flexibility index (Phi) is 2.44. The molecule has 76 valence electrons. The standard InChI is InChI=1S/C11H15NO2/c1-7-4-5-9-10(6-7)14-8(2)11(9)12-13-3/h4-6,8,11-12H,1-3H3. The Hall–Kier alpha value is -1.06. The van der Waals surface area contributed by atoms with Crippen LogP contribution in [0.15, 0.2) is 18.2 Å². The van der Waals surface area contributed by atoms with Crippen LogP contribution in [-0.2, 0) is 4.84 Å². The predicted octanol–water partition coefficient (Wildman–Crippen LogP) is 1.97. The number of aryl methyl sites for hydroxylation is 1. The number of hydrogen-bond donors (Lipinski definition) is 1. The van der Waals surface area contributed by atoms with Crippen LogP contribution in [0.2, 0.25) is 0 Å². The third-order valence-corrected chi connectivity index (χ3v) is 2.53. The Balaban J connectivity index is 2.33. The first kappa shape index (κ1) is 9.49. The molecule has 1 aromatic carbocycles. The second kappa shape index (κ2) is 3.59. The average molecular weight is 193 g/mol. The lowest BCUT2D eigenvalue weighted by molar-refractivity contribution is 0.0339. The zero-order valence-corrected chi connectivity index (χ0v) is 8.70. The maximum Gasteiger partial charge on any atom is 0.125 e. The summed E-state index contributed by atoms with van der Waals surface area (Å²) < 4.78 is 5.71. The van der Waals surface area contributed by atoms with Gasteiger partial charge in [-0.1, -0.05) is 12.1 Å². The third kappa shape index (κ3) is 1.49. The number of fused-ring (bicyclic) bond motifs is 1. The largest absolute Gasteiger partial charge is 0.488 e. The van der Waals surface area contributed by atoms with Crippen LogP contribution >= 0.6 is 0 Å². The second-order valence-corrected chi connectivity index (χ2v) is 3.66. The van der Waals surface area contributed by atoms with Crippen LogP contribution in [0.5, 0.6) is 5.75 Å². The van der Waals surface area contributed by atoms with Crippen molar-refractivity contribution in [1.29, 1.82) is 0 Å². The van der Waals surface area contributed by atoms with Gasteiger partial charge in [0.1, 0.15) is 11.9 Å². The number of benzene rings is 1. The van der Waals surface area contributed by atoms with Crippen LogP contribution in [0, 0.1) is 6.92 Å².